The molecule has 0 aliphatic rings. The largest absolute Gasteiger partial charge is 0.320 e. The van der Waals surface area contributed by atoms with Gasteiger partial charge in [0.25, 0.3) is 0 Å². The van der Waals surface area contributed by atoms with Crippen molar-refractivity contribution in [3.63, 3.8) is 0 Å². The summed E-state index contributed by atoms with van der Waals surface area (Å²) < 4.78 is 13.3. The fourth-order valence-electron chi connectivity index (χ4n) is 2.31. The Labute approximate surface area is 111 Å². The van der Waals surface area contributed by atoms with E-state index >= 15 is 0 Å². The number of rotatable bonds is 2. The minimum absolute atomic E-state index is 0.164. The molecule has 0 saturated heterocycles. The second-order valence-corrected chi connectivity index (χ2v) is 6.11. The standard InChI is InChI=1S/C15H18FNS/c1-8-7-13(18-11(8)4)15(17)14-9(2)5-12(16)6-10(14)3/h5-7,15H,17H2,1-4H3. The SMILES string of the molecule is Cc1cc(C(N)c2c(C)cc(F)cc2C)sc1C. The van der Waals surface area contributed by atoms with Gasteiger partial charge in [-0.25, -0.2) is 4.39 Å². The zero-order valence-corrected chi connectivity index (χ0v) is 12.0. The molecule has 1 aromatic carbocycles. The van der Waals surface area contributed by atoms with Crippen molar-refractivity contribution in [1.82, 2.24) is 0 Å². The van der Waals surface area contributed by atoms with Gasteiger partial charge in [-0.1, -0.05) is 0 Å². The molecule has 1 unspecified atom stereocenters. The number of nitrogens with two attached hydrogens (primary N) is 1. The number of aryl methyl sites for hydroxylation is 4. The molecule has 2 rings (SSSR count). The molecule has 0 radical (unpaired) electrons. The smallest absolute Gasteiger partial charge is 0.123 e. The quantitative estimate of drug-likeness (QED) is 0.864. The summed E-state index contributed by atoms with van der Waals surface area (Å²) in [7, 11) is 0. The highest BCUT2D eigenvalue weighted by molar-refractivity contribution is 7.12. The van der Waals surface area contributed by atoms with Crippen LogP contribution in [0.4, 0.5) is 4.39 Å². The van der Waals surface area contributed by atoms with Gasteiger partial charge in [0.1, 0.15) is 5.82 Å². The highest BCUT2D eigenvalue weighted by Crippen LogP contribution is 2.32. The molecule has 0 fully saturated rings. The van der Waals surface area contributed by atoms with Crippen LogP contribution >= 0.6 is 11.3 Å². The predicted molar refractivity (Wildman–Crippen MR) is 75.7 cm³/mol. The Balaban J connectivity index is 2.49. The highest BCUT2D eigenvalue weighted by atomic mass is 32.1. The van der Waals surface area contributed by atoms with E-state index in [1.807, 2.05) is 13.8 Å². The lowest BCUT2D eigenvalue weighted by Crippen LogP contribution is -2.13. The molecule has 1 aromatic heterocycles. The maximum atomic E-state index is 13.3. The number of thiophene rings is 1. The van der Waals surface area contributed by atoms with Crippen LogP contribution in [0.1, 0.15) is 38.0 Å². The summed E-state index contributed by atoms with van der Waals surface area (Å²) in [6.07, 6.45) is 0. The molecular formula is C15H18FNS. The summed E-state index contributed by atoms with van der Waals surface area (Å²) in [4.78, 5) is 2.43. The molecule has 3 heteroatoms. The summed E-state index contributed by atoms with van der Waals surface area (Å²) in [6.45, 7) is 8.02. The van der Waals surface area contributed by atoms with Gasteiger partial charge in [0, 0.05) is 9.75 Å². The van der Waals surface area contributed by atoms with E-state index in [4.69, 9.17) is 5.73 Å². The summed E-state index contributed by atoms with van der Waals surface area (Å²) >= 11 is 1.72. The lowest BCUT2D eigenvalue weighted by Gasteiger charge is -2.16. The molecule has 0 bridgehead atoms. The first-order chi connectivity index (χ1) is 8.40. The van der Waals surface area contributed by atoms with E-state index in [-0.39, 0.29) is 11.9 Å². The predicted octanol–water partition coefficient (Wildman–Crippen LogP) is 4.17. The molecule has 0 amide bonds. The molecule has 96 valence electrons. The molecule has 18 heavy (non-hydrogen) atoms. The second-order valence-electron chi connectivity index (χ2n) is 4.82. The minimum atomic E-state index is -0.195. The maximum absolute atomic E-state index is 13.3. The first-order valence-corrected chi connectivity index (χ1v) is 6.81. The average molecular weight is 263 g/mol. The Morgan fingerprint density at radius 2 is 1.56 bits per heavy atom. The minimum Gasteiger partial charge on any atom is -0.320 e. The first-order valence-electron chi connectivity index (χ1n) is 5.99. The molecule has 1 heterocycles. The average Bonchev–Trinajstić information content (AvgIpc) is 2.57. The van der Waals surface area contributed by atoms with E-state index in [1.54, 1.807) is 23.5 Å². The van der Waals surface area contributed by atoms with Gasteiger partial charge in [-0.3, -0.25) is 0 Å². The summed E-state index contributed by atoms with van der Waals surface area (Å²) in [5, 5.41) is 0. The normalized spacial score (nSPS) is 12.8. The molecule has 0 saturated carbocycles. The van der Waals surface area contributed by atoms with E-state index in [2.05, 4.69) is 19.9 Å². The Bertz CT molecular complexity index is 544. The van der Waals surface area contributed by atoms with Gasteiger partial charge in [0.05, 0.1) is 6.04 Å². The number of benzene rings is 1. The molecule has 1 nitrogen and oxygen atoms in total. The van der Waals surface area contributed by atoms with Crippen LogP contribution in [-0.2, 0) is 0 Å². The van der Waals surface area contributed by atoms with Gasteiger partial charge >= 0.3 is 0 Å². The Morgan fingerprint density at radius 3 is 2.00 bits per heavy atom. The van der Waals surface area contributed by atoms with Crippen molar-refractivity contribution in [3.05, 3.63) is 56.0 Å². The topological polar surface area (TPSA) is 26.0 Å². The van der Waals surface area contributed by atoms with Crippen LogP contribution < -0.4 is 5.73 Å². The summed E-state index contributed by atoms with van der Waals surface area (Å²) in [5.74, 6) is -0.195. The van der Waals surface area contributed by atoms with Gasteiger partial charge in [0.15, 0.2) is 0 Å². The van der Waals surface area contributed by atoms with Gasteiger partial charge in [0.2, 0.25) is 0 Å². The molecule has 0 spiro atoms. The van der Waals surface area contributed by atoms with Gasteiger partial charge in [-0.05, 0) is 68.1 Å². The van der Waals surface area contributed by atoms with E-state index < -0.39 is 0 Å². The van der Waals surface area contributed by atoms with Crippen LogP contribution in [0.5, 0.6) is 0 Å². The van der Waals surface area contributed by atoms with E-state index in [0.29, 0.717) is 0 Å². The summed E-state index contributed by atoms with van der Waals surface area (Å²) in [5.41, 5.74) is 10.5. The number of halogens is 1. The molecule has 1 atom stereocenters. The van der Waals surface area contributed by atoms with E-state index in [0.717, 1.165) is 21.6 Å². The van der Waals surface area contributed by atoms with Crippen LogP contribution in [-0.4, -0.2) is 0 Å². The zero-order chi connectivity index (χ0) is 13.4. The maximum Gasteiger partial charge on any atom is 0.123 e. The third-order valence-electron chi connectivity index (χ3n) is 3.36. The lowest BCUT2D eigenvalue weighted by molar-refractivity contribution is 0.623. The Hall–Kier alpha value is -1.19. The molecule has 0 aliphatic carbocycles. The van der Waals surface area contributed by atoms with Crippen molar-refractivity contribution in [2.45, 2.75) is 33.7 Å². The van der Waals surface area contributed by atoms with Gasteiger partial charge in [-0.15, -0.1) is 11.3 Å². The van der Waals surface area contributed by atoms with Crippen LogP contribution in [0, 0.1) is 33.5 Å². The molecule has 2 N–H and O–H groups in total. The van der Waals surface area contributed by atoms with Gasteiger partial charge in [-0.2, -0.15) is 0 Å². The third kappa shape index (κ3) is 2.33. The van der Waals surface area contributed by atoms with Crippen LogP contribution in [0.3, 0.4) is 0 Å². The third-order valence-corrected chi connectivity index (χ3v) is 4.60. The monoisotopic (exact) mass is 263 g/mol. The second kappa shape index (κ2) is 4.82. The fourth-order valence-corrected chi connectivity index (χ4v) is 3.36. The van der Waals surface area contributed by atoms with E-state index in [1.165, 1.54) is 10.4 Å². The van der Waals surface area contributed by atoms with Crippen molar-refractivity contribution in [1.29, 1.82) is 0 Å². The van der Waals surface area contributed by atoms with Crippen LogP contribution in [0.25, 0.3) is 0 Å². The fraction of sp³-hybridized carbons (Fsp3) is 0.333. The molecule has 0 aliphatic heterocycles. The number of hydrogen-bond acceptors (Lipinski definition) is 2. The van der Waals surface area contributed by atoms with Crippen molar-refractivity contribution in [3.8, 4) is 0 Å². The Morgan fingerprint density at radius 1 is 1.00 bits per heavy atom. The van der Waals surface area contributed by atoms with Crippen LogP contribution in [0.2, 0.25) is 0 Å². The number of hydrogen-bond donors (Lipinski definition) is 1. The van der Waals surface area contributed by atoms with Gasteiger partial charge < -0.3 is 5.73 Å². The molecular weight excluding hydrogens is 245 g/mol. The summed E-state index contributed by atoms with van der Waals surface area (Å²) in [6, 6.07) is 5.07. The van der Waals surface area contributed by atoms with Crippen molar-refractivity contribution < 1.29 is 4.39 Å². The first kappa shape index (κ1) is 13.2. The highest BCUT2D eigenvalue weighted by Gasteiger charge is 2.17. The van der Waals surface area contributed by atoms with Crippen molar-refractivity contribution >= 4 is 11.3 Å². The van der Waals surface area contributed by atoms with E-state index in [9.17, 15) is 4.39 Å². The molecule has 2 aromatic rings. The van der Waals surface area contributed by atoms with Crippen molar-refractivity contribution in [2.24, 2.45) is 5.73 Å². The van der Waals surface area contributed by atoms with Crippen LogP contribution in [0.15, 0.2) is 18.2 Å². The van der Waals surface area contributed by atoms with Crippen molar-refractivity contribution in [2.75, 3.05) is 0 Å². The zero-order valence-electron chi connectivity index (χ0n) is 11.2. The lowest BCUT2D eigenvalue weighted by atomic mass is 9.95. The Kier molecular flexibility index (Phi) is 3.55.